The van der Waals surface area contributed by atoms with Crippen LogP contribution in [0.25, 0.3) is 65.7 Å². The maximum absolute atomic E-state index is 2.66. The van der Waals surface area contributed by atoms with Gasteiger partial charge < -0.3 is 4.90 Å². The van der Waals surface area contributed by atoms with Gasteiger partial charge in [0.2, 0.25) is 0 Å². The number of hydrogen-bond acceptors (Lipinski definition) is 1. The number of fused-ring (bicyclic) bond motifs is 7. The molecule has 0 saturated carbocycles. The lowest BCUT2D eigenvalue weighted by Gasteiger charge is -2.39. The lowest BCUT2D eigenvalue weighted by atomic mass is 9.76. The van der Waals surface area contributed by atoms with Gasteiger partial charge in [-0.15, -0.1) is 0 Å². The van der Waals surface area contributed by atoms with E-state index >= 15 is 0 Å². The first-order valence-corrected chi connectivity index (χ1v) is 20.8. The summed E-state index contributed by atoms with van der Waals surface area (Å²) in [5, 5.41) is 7.67. The first kappa shape index (κ1) is 34.5. The smallest absolute Gasteiger partial charge is 0.0525 e. The second kappa shape index (κ2) is 13.7. The summed E-state index contributed by atoms with van der Waals surface area (Å²) in [7, 11) is 0. The van der Waals surface area contributed by atoms with Crippen LogP contribution in [-0.2, 0) is 5.41 Å². The van der Waals surface area contributed by atoms with E-state index in [-0.39, 0.29) is 11.5 Å². The van der Waals surface area contributed by atoms with Gasteiger partial charge in [-0.3, -0.25) is 0 Å². The molecule has 9 aromatic carbocycles. The maximum atomic E-state index is 2.66. The van der Waals surface area contributed by atoms with E-state index in [0.717, 1.165) is 12.8 Å². The quantitative estimate of drug-likeness (QED) is 0.121. The van der Waals surface area contributed by atoms with Crippen molar-refractivity contribution in [3.63, 3.8) is 0 Å². The van der Waals surface area contributed by atoms with Crippen molar-refractivity contribution in [2.75, 3.05) is 4.90 Å². The standard InChI is InChI=1S/C57H45N/c1-57(2)53-26-14-12-24-48(53)49-35-33-43(37-54(49)57)58(42-31-28-39(29-32-42)52-36-41-19-7-8-20-44(41)46-22-10-11-23-47(46)52)55-27-15-13-25-50(55)51-34-30-38-16-6-9-21-45(38)56(51)40-17-4-3-5-18-40/h3-32,34,36-37,43,49H,33,35H2,1-2H3. The second-order valence-electron chi connectivity index (χ2n) is 16.7. The highest BCUT2D eigenvalue weighted by atomic mass is 15.2. The summed E-state index contributed by atoms with van der Waals surface area (Å²) in [5.41, 5.74) is 14.5. The summed E-state index contributed by atoms with van der Waals surface area (Å²) >= 11 is 0. The molecule has 1 nitrogen and oxygen atoms in total. The maximum Gasteiger partial charge on any atom is 0.0525 e. The summed E-state index contributed by atoms with van der Waals surface area (Å²) in [6.07, 6.45) is 4.84. The topological polar surface area (TPSA) is 3.24 Å². The van der Waals surface area contributed by atoms with Crippen LogP contribution in [-0.4, -0.2) is 6.04 Å². The molecule has 1 heteroatoms. The summed E-state index contributed by atoms with van der Waals surface area (Å²) in [6, 6.07) is 72.3. The molecule has 0 heterocycles. The van der Waals surface area contributed by atoms with Gasteiger partial charge in [0.15, 0.2) is 0 Å². The van der Waals surface area contributed by atoms with Gasteiger partial charge in [0.05, 0.1) is 6.04 Å². The van der Waals surface area contributed by atoms with Gasteiger partial charge in [-0.05, 0) is 108 Å². The van der Waals surface area contributed by atoms with E-state index in [1.54, 1.807) is 5.57 Å². The molecule has 0 aliphatic heterocycles. The number of rotatable bonds is 6. The number of benzene rings is 9. The number of nitrogens with zero attached hydrogens (tertiary/aromatic N) is 1. The molecule has 58 heavy (non-hydrogen) atoms. The van der Waals surface area contributed by atoms with Crippen LogP contribution in [0.4, 0.5) is 11.4 Å². The normalized spacial score (nSPS) is 16.9. The van der Waals surface area contributed by atoms with Crippen LogP contribution in [0.15, 0.2) is 206 Å². The zero-order valence-electron chi connectivity index (χ0n) is 33.1. The fourth-order valence-electron chi connectivity index (χ4n) is 10.5. The first-order valence-electron chi connectivity index (χ1n) is 20.8. The fraction of sp³-hybridized carbons (Fsp3) is 0.123. The van der Waals surface area contributed by atoms with E-state index in [2.05, 4.69) is 219 Å². The Hall–Kier alpha value is -6.70. The molecule has 2 atom stereocenters. The summed E-state index contributed by atoms with van der Waals surface area (Å²) in [4.78, 5) is 2.66. The molecule has 2 aliphatic rings. The number of para-hydroxylation sites is 1. The predicted octanol–water partition coefficient (Wildman–Crippen LogP) is 15.4. The summed E-state index contributed by atoms with van der Waals surface area (Å²) in [5.74, 6) is 0.466. The van der Waals surface area contributed by atoms with Crippen molar-refractivity contribution in [2.45, 2.75) is 44.1 Å². The third-order valence-electron chi connectivity index (χ3n) is 13.2. The van der Waals surface area contributed by atoms with Crippen molar-refractivity contribution in [2.24, 2.45) is 0 Å². The van der Waals surface area contributed by atoms with Crippen LogP contribution in [0.3, 0.4) is 0 Å². The molecule has 0 spiro atoms. The van der Waals surface area contributed by atoms with Crippen molar-refractivity contribution in [3.8, 4) is 33.4 Å². The van der Waals surface area contributed by atoms with Crippen LogP contribution < -0.4 is 4.90 Å². The van der Waals surface area contributed by atoms with Gasteiger partial charge >= 0.3 is 0 Å². The SMILES string of the molecule is CC1(C)C2=CC(N(c3ccc(-c4cc5ccccc5c5ccccc45)cc3)c3ccccc3-c3ccc4ccccc4c3-c3ccccc3)CCC2c2ccccc21. The Morgan fingerprint density at radius 2 is 1.12 bits per heavy atom. The monoisotopic (exact) mass is 743 g/mol. The molecule has 2 aliphatic carbocycles. The van der Waals surface area contributed by atoms with E-state index in [9.17, 15) is 0 Å². The van der Waals surface area contributed by atoms with Crippen LogP contribution in [0.2, 0.25) is 0 Å². The Labute approximate surface area is 341 Å². The van der Waals surface area contributed by atoms with Gasteiger partial charge in [-0.2, -0.15) is 0 Å². The minimum Gasteiger partial charge on any atom is -0.334 e. The predicted molar refractivity (Wildman–Crippen MR) is 247 cm³/mol. The number of hydrogen-bond donors (Lipinski definition) is 0. The molecule has 11 rings (SSSR count). The Balaban J connectivity index is 1.11. The molecule has 0 radical (unpaired) electrons. The van der Waals surface area contributed by atoms with Gasteiger partial charge in [0.25, 0.3) is 0 Å². The molecule has 0 aromatic heterocycles. The second-order valence-corrected chi connectivity index (χ2v) is 16.7. The van der Waals surface area contributed by atoms with Crippen LogP contribution >= 0.6 is 0 Å². The van der Waals surface area contributed by atoms with E-state index in [4.69, 9.17) is 0 Å². The molecule has 0 fully saturated rings. The van der Waals surface area contributed by atoms with Gasteiger partial charge in [-0.25, -0.2) is 0 Å². The minimum atomic E-state index is -0.0229. The largest absolute Gasteiger partial charge is 0.334 e. The number of allylic oxidation sites excluding steroid dienone is 1. The van der Waals surface area contributed by atoms with Crippen LogP contribution in [0.1, 0.15) is 43.7 Å². The Morgan fingerprint density at radius 1 is 0.466 bits per heavy atom. The van der Waals surface area contributed by atoms with E-state index in [1.807, 2.05) is 0 Å². The van der Waals surface area contributed by atoms with Crippen molar-refractivity contribution in [1.82, 2.24) is 0 Å². The van der Waals surface area contributed by atoms with Gasteiger partial charge in [-0.1, -0.05) is 195 Å². The highest BCUT2D eigenvalue weighted by molar-refractivity contribution is 6.14. The summed E-state index contributed by atoms with van der Waals surface area (Å²) in [6.45, 7) is 4.87. The van der Waals surface area contributed by atoms with Crippen molar-refractivity contribution in [1.29, 1.82) is 0 Å². The fourth-order valence-corrected chi connectivity index (χ4v) is 10.5. The van der Waals surface area contributed by atoms with Crippen molar-refractivity contribution in [3.05, 3.63) is 217 Å². The van der Waals surface area contributed by atoms with Crippen molar-refractivity contribution < 1.29 is 0 Å². The van der Waals surface area contributed by atoms with E-state index in [0.29, 0.717) is 5.92 Å². The third kappa shape index (κ3) is 5.52. The number of anilines is 2. The Kier molecular flexibility index (Phi) is 8.19. The van der Waals surface area contributed by atoms with Gasteiger partial charge in [0.1, 0.15) is 0 Å². The van der Waals surface area contributed by atoms with Crippen LogP contribution in [0.5, 0.6) is 0 Å². The third-order valence-corrected chi connectivity index (χ3v) is 13.2. The minimum absolute atomic E-state index is 0.0229. The molecule has 0 N–H and O–H groups in total. The highest BCUT2D eigenvalue weighted by Gasteiger charge is 2.44. The lowest BCUT2D eigenvalue weighted by Crippen LogP contribution is -2.34. The molecule has 0 saturated heterocycles. The Morgan fingerprint density at radius 3 is 1.95 bits per heavy atom. The lowest BCUT2D eigenvalue weighted by molar-refractivity contribution is 0.522. The van der Waals surface area contributed by atoms with Crippen LogP contribution in [0, 0.1) is 0 Å². The molecule has 9 aromatic rings. The Bertz CT molecular complexity index is 3040. The van der Waals surface area contributed by atoms with Gasteiger partial charge in [0, 0.05) is 28.3 Å². The average molecular weight is 744 g/mol. The zero-order chi connectivity index (χ0) is 38.8. The molecular weight excluding hydrogens is 699 g/mol. The molecule has 0 amide bonds. The molecule has 0 bridgehead atoms. The molecule has 278 valence electrons. The van der Waals surface area contributed by atoms with E-state index < -0.39 is 0 Å². The summed E-state index contributed by atoms with van der Waals surface area (Å²) < 4.78 is 0. The first-order chi connectivity index (χ1) is 28.5. The molecule has 2 unspecified atom stereocenters. The van der Waals surface area contributed by atoms with Crippen molar-refractivity contribution >= 4 is 43.7 Å². The average Bonchev–Trinajstić information content (AvgIpc) is 3.51. The molecular formula is C57H45N. The van der Waals surface area contributed by atoms with E-state index in [1.165, 1.54) is 88.2 Å². The zero-order valence-corrected chi connectivity index (χ0v) is 33.1. The highest BCUT2D eigenvalue weighted by Crippen LogP contribution is 2.55.